The maximum atomic E-state index is 12.8. The van der Waals surface area contributed by atoms with Crippen LogP contribution in [-0.2, 0) is 7.05 Å². The van der Waals surface area contributed by atoms with Crippen LogP contribution in [0.2, 0.25) is 0 Å². The molecule has 25 heavy (non-hydrogen) atoms. The highest BCUT2D eigenvalue weighted by Crippen LogP contribution is 2.19. The average molecular weight is 344 g/mol. The van der Waals surface area contributed by atoms with E-state index < -0.39 is 0 Å². The van der Waals surface area contributed by atoms with Crippen LogP contribution in [0.15, 0.2) is 47.3 Å². The van der Waals surface area contributed by atoms with Gasteiger partial charge in [-0.15, -0.1) is 0 Å². The molecule has 0 spiro atoms. The molecule has 0 aliphatic carbocycles. The van der Waals surface area contributed by atoms with E-state index >= 15 is 0 Å². The van der Waals surface area contributed by atoms with E-state index in [1.165, 1.54) is 6.08 Å². The summed E-state index contributed by atoms with van der Waals surface area (Å²) in [6.07, 6.45) is 10.4. The third kappa shape index (κ3) is 4.47. The van der Waals surface area contributed by atoms with E-state index in [1.807, 2.05) is 32.2 Å². The largest absolute Gasteiger partial charge is 0.346 e. The fourth-order valence-electron chi connectivity index (χ4n) is 2.42. The Morgan fingerprint density at radius 3 is 2.88 bits per heavy atom. The minimum Gasteiger partial charge on any atom is -0.346 e. The first kappa shape index (κ1) is 18.7. The predicted octanol–water partition coefficient (Wildman–Crippen LogP) is 4.60. The molecule has 3 aromatic heterocycles. The van der Waals surface area contributed by atoms with Crippen molar-refractivity contribution in [2.45, 2.75) is 33.6 Å². The van der Waals surface area contributed by atoms with E-state index in [4.69, 9.17) is 0 Å². The summed E-state index contributed by atoms with van der Waals surface area (Å²) in [6, 6.07) is 1.91. The van der Waals surface area contributed by atoms with Gasteiger partial charge in [-0.05, 0) is 37.0 Å². The molecule has 0 aromatic carbocycles. The van der Waals surface area contributed by atoms with Crippen molar-refractivity contribution in [3.05, 3.63) is 53.0 Å². The van der Waals surface area contributed by atoms with Gasteiger partial charge in [0.15, 0.2) is 0 Å². The van der Waals surface area contributed by atoms with E-state index in [9.17, 15) is 9.18 Å². The Labute approximate surface area is 146 Å². The van der Waals surface area contributed by atoms with Gasteiger partial charge >= 0.3 is 5.69 Å². The number of aromatic nitrogens is 4. The van der Waals surface area contributed by atoms with Crippen LogP contribution >= 0.6 is 0 Å². The van der Waals surface area contributed by atoms with Crippen LogP contribution in [0.5, 0.6) is 0 Å². The van der Waals surface area contributed by atoms with Gasteiger partial charge in [0.2, 0.25) is 0 Å². The summed E-state index contributed by atoms with van der Waals surface area (Å²) in [5, 5.41) is 0.961. The second-order valence-electron chi connectivity index (χ2n) is 6.00. The van der Waals surface area contributed by atoms with Crippen molar-refractivity contribution < 1.29 is 4.39 Å². The lowest BCUT2D eigenvalue weighted by Gasteiger charge is -1.98. The Bertz CT molecular complexity index is 945. The molecule has 0 saturated heterocycles. The molecular weight excluding hydrogens is 319 g/mol. The summed E-state index contributed by atoms with van der Waals surface area (Å²) in [7, 11) is 1.74. The lowest BCUT2D eigenvalue weighted by molar-refractivity contribution is 0.620. The fraction of sp³-hybridized carbons (Fsp3) is 0.368. The standard InChI is InChI=1S/C10H17F.C9H8N4O/c1-4-6-7-10(11)8-9(3)5-2;1-13-7-5-2-3-10-8(5)11-4-6(7)12-9(13)14/h6-9H,4-5H2,1-3H3;2-4H,1H3,(H,10,11)(H,12,14)/b7-6-,10-8+;. The van der Waals surface area contributed by atoms with E-state index in [1.54, 1.807) is 23.9 Å². The summed E-state index contributed by atoms with van der Waals surface area (Å²) in [4.78, 5) is 21.3. The minimum absolute atomic E-state index is 0.110. The number of hydrogen-bond donors (Lipinski definition) is 2. The molecule has 3 aromatic rings. The van der Waals surface area contributed by atoms with Gasteiger partial charge in [-0.25, -0.2) is 14.2 Å². The van der Waals surface area contributed by atoms with Gasteiger partial charge in [0.05, 0.1) is 17.2 Å². The number of nitrogens with zero attached hydrogens (tertiary/aromatic N) is 2. The highest BCUT2D eigenvalue weighted by molar-refractivity contribution is 6.00. The maximum Gasteiger partial charge on any atom is 0.326 e. The Hall–Kier alpha value is -2.63. The van der Waals surface area contributed by atoms with Crippen molar-refractivity contribution in [1.82, 2.24) is 19.5 Å². The lowest BCUT2D eigenvalue weighted by Crippen LogP contribution is -2.11. The summed E-state index contributed by atoms with van der Waals surface area (Å²) < 4.78 is 14.4. The van der Waals surface area contributed by atoms with Crippen molar-refractivity contribution >= 4 is 22.1 Å². The number of allylic oxidation sites excluding steroid dienone is 4. The molecule has 0 aliphatic heterocycles. The van der Waals surface area contributed by atoms with E-state index in [2.05, 4.69) is 21.9 Å². The Morgan fingerprint density at radius 2 is 2.20 bits per heavy atom. The third-order valence-electron chi connectivity index (χ3n) is 4.04. The van der Waals surface area contributed by atoms with Gasteiger partial charge < -0.3 is 9.97 Å². The van der Waals surface area contributed by atoms with Gasteiger partial charge in [-0.3, -0.25) is 4.57 Å². The van der Waals surface area contributed by atoms with Crippen LogP contribution < -0.4 is 5.69 Å². The quantitative estimate of drug-likeness (QED) is 0.680. The average Bonchev–Trinajstić information content (AvgIpc) is 3.18. The number of H-pyrrole nitrogens is 2. The molecule has 134 valence electrons. The molecule has 0 radical (unpaired) electrons. The smallest absolute Gasteiger partial charge is 0.326 e. The van der Waals surface area contributed by atoms with Gasteiger partial charge in [-0.2, -0.15) is 0 Å². The lowest BCUT2D eigenvalue weighted by atomic mass is 10.1. The molecule has 2 N–H and O–H groups in total. The zero-order valence-electron chi connectivity index (χ0n) is 15.1. The maximum absolute atomic E-state index is 12.8. The molecule has 0 bridgehead atoms. The number of hydrogen-bond acceptors (Lipinski definition) is 2. The highest BCUT2D eigenvalue weighted by atomic mass is 19.1. The SMILES string of the molecule is CC/C=C\C(F)=C/C(C)CC.Cn1c(=O)[nH]c2cnc3[nH]ccc3c21. The molecule has 0 fully saturated rings. The van der Waals surface area contributed by atoms with Gasteiger partial charge in [0.25, 0.3) is 0 Å². The van der Waals surface area contributed by atoms with Crippen molar-refractivity contribution in [3.63, 3.8) is 0 Å². The Morgan fingerprint density at radius 1 is 1.44 bits per heavy atom. The number of fused-ring (bicyclic) bond motifs is 3. The minimum atomic E-state index is -0.115. The molecule has 0 aliphatic rings. The fourth-order valence-corrected chi connectivity index (χ4v) is 2.42. The van der Waals surface area contributed by atoms with E-state index in [-0.39, 0.29) is 11.5 Å². The van der Waals surface area contributed by atoms with Gasteiger partial charge in [0.1, 0.15) is 11.5 Å². The Kier molecular flexibility index (Phi) is 6.33. The van der Waals surface area contributed by atoms with Crippen molar-refractivity contribution in [1.29, 1.82) is 0 Å². The number of halogens is 1. The molecule has 3 heterocycles. The third-order valence-corrected chi connectivity index (χ3v) is 4.04. The van der Waals surface area contributed by atoms with Crippen LogP contribution in [0, 0.1) is 5.92 Å². The van der Waals surface area contributed by atoms with Gasteiger partial charge in [0, 0.05) is 18.6 Å². The number of rotatable bonds is 4. The van der Waals surface area contributed by atoms with Crippen LogP contribution in [0.4, 0.5) is 4.39 Å². The normalized spacial score (nSPS) is 13.4. The van der Waals surface area contributed by atoms with Crippen molar-refractivity contribution in [2.24, 2.45) is 13.0 Å². The summed E-state index contributed by atoms with van der Waals surface area (Å²) in [6.45, 7) is 6.06. The molecule has 0 saturated carbocycles. The summed E-state index contributed by atoms with van der Waals surface area (Å²) in [5.41, 5.74) is 2.34. The number of pyridine rings is 1. The monoisotopic (exact) mass is 344 g/mol. The van der Waals surface area contributed by atoms with Crippen molar-refractivity contribution in [3.8, 4) is 0 Å². The Balaban J connectivity index is 0.000000188. The number of imidazole rings is 1. The van der Waals surface area contributed by atoms with E-state index in [0.717, 1.165) is 34.9 Å². The molecule has 5 nitrogen and oxygen atoms in total. The van der Waals surface area contributed by atoms with Crippen LogP contribution in [0.3, 0.4) is 0 Å². The number of aromatic amines is 2. The topological polar surface area (TPSA) is 66.5 Å². The molecule has 3 rings (SSSR count). The van der Waals surface area contributed by atoms with Crippen LogP contribution in [0.25, 0.3) is 22.1 Å². The second kappa shape index (κ2) is 8.46. The van der Waals surface area contributed by atoms with Crippen LogP contribution in [-0.4, -0.2) is 19.5 Å². The summed E-state index contributed by atoms with van der Waals surface area (Å²) >= 11 is 0. The highest BCUT2D eigenvalue weighted by Gasteiger charge is 2.08. The van der Waals surface area contributed by atoms with Crippen LogP contribution in [0.1, 0.15) is 33.6 Å². The molecular formula is C19H25FN4O. The molecule has 6 heteroatoms. The summed E-state index contributed by atoms with van der Waals surface area (Å²) in [5.74, 6) is 0.234. The predicted molar refractivity (Wildman–Crippen MR) is 101 cm³/mol. The van der Waals surface area contributed by atoms with Gasteiger partial charge in [-0.1, -0.05) is 26.8 Å². The first-order valence-electron chi connectivity index (χ1n) is 8.52. The second-order valence-corrected chi connectivity index (χ2v) is 6.00. The van der Waals surface area contributed by atoms with E-state index in [0.29, 0.717) is 5.92 Å². The molecule has 0 amide bonds. The zero-order valence-corrected chi connectivity index (χ0v) is 15.1. The first-order chi connectivity index (χ1) is 12.0. The zero-order chi connectivity index (χ0) is 18.4. The van der Waals surface area contributed by atoms with Crippen molar-refractivity contribution in [2.75, 3.05) is 0 Å². The molecule has 1 unspecified atom stereocenters. The molecule has 1 atom stereocenters. The first-order valence-corrected chi connectivity index (χ1v) is 8.52. The number of nitrogens with one attached hydrogen (secondary N) is 2. The number of aryl methyl sites for hydroxylation is 1.